The van der Waals surface area contributed by atoms with Crippen LogP contribution in [0.15, 0.2) is 71.2 Å². The molecule has 230 valence electrons. The van der Waals surface area contributed by atoms with E-state index in [-0.39, 0.29) is 31.1 Å². The molecular formula is C34H37B2F2N5O2. The molecule has 2 atom stereocenters. The number of pyridine rings is 1. The molecule has 0 bridgehead atoms. The number of fused-ring (bicyclic) bond motifs is 1. The monoisotopic (exact) mass is 607 g/mol. The van der Waals surface area contributed by atoms with Crippen LogP contribution in [0.3, 0.4) is 0 Å². The molecular weight excluding hydrogens is 570 g/mol. The number of anilines is 1. The zero-order chi connectivity index (χ0) is 32.7. The molecule has 0 saturated carbocycles. The molecule has 0 unspecified atom stereocenters. The van der Waals surface area contributed by atoms with Gasteiger partial charge in [-0.1, -0.05) is 50.8 Å². The minimum Gasteiger partial charge on any atom is -0.347 e. The van der Waals surface area contributed by atoms with Crippen molar-refractivity contribution in [3.05, 3.63) is 99.6 Å². The summed E-state index contributed by atoms with van der Waals surface area (Å²) in [6, 6.07) is 11.9. The van der Waals surface area contributed by atoms with Gasteiger partial charge in [-0.15, -0.1) is 5.37 Å². The minimum absolute atomic E-state index is 0.00393. The fourth-order valence-electron chi connectivity index (χ4n) is 6.39. The maximum absolute atomic E-state index is 16.4. The van der Waals surface area contributed by atoms with Crippen LogP contribution >= 0.6 is 0 Å². The van der Waals surface area contributed by atoms with Crippen molar-refractivity contribution in [1.29, 1.82) is 0 Å². The largest absolute Gasteiger partial charge is 0.354 e. The van der Waals surface area contributed by atoms with Crippen LogP contribution in [0.2, 0.25) is 0 Å². The third-order valence-corrected chi connectivity index (χ3v) is 8.26. The van der Waals surface area contributed by atoms with Crippen LogP contribution in [0, 0.1) is 12.7 Å². The highest BCUT2D eigenvalue weighted by atomic mass is 19.1. The van der Waals surface area contributed by atoms with Gasteiger partial charge in [0.25, 0.3) is 5.91 Å². The lowest BCUT2D eigenvalue weighted by atomic mass is 9.77. The van der Waals surface area contributed by atoms with Crippen LogP contribution in [0.5, 0.6) is 0 Å². The van der Waals surface area contributed by atoms with Crippen molar-refractivity contribution in [1.82, 2.24) is 19.4 Å². The molecule has 0 N–H and O–H groups in total. The van der Waals surface area contributed by atoms with Crippen molar-refractivity contribution in [3.63, 3.8) is 0 Å². The summed E-state index contributed by atoms with van der Waals surface area (Å²) in [6.07, 6.45) is 3.72. The predicted octanol–water partition coefficient (Wildman–Crippen LogP) is 4.49. The van der Waals surface area contributed by atoms with Gasteiger partial charge in [-0.25, -0.2) is 13.6 Å². The first kappa shape index (κ1) is 31.9. The first-order valence-electron chi connectivity index (χ1n) is 15.2. The number of benzene rings is 2. The molecule has 2 aromatic heterocycles. The Morgan fingerprint density at radius 1 is 1.09 bits per heavy atom. The molecule has 2 aromatic carbocycles. The van der Waals surface area contributed by atoms with Gasteiger partial charge >= 0.3 is 5.69 Å². The number of piperazine rings is 1. The lowest BCUT2D eigenvalue weighted by molar-refractivity contribution is -0.129. The smallest absolute Gasteiger partial charge is 0.347 e. The Labute approximate surface area is 264 Å². The molecule has 11 heteroatoms. The molecule has 0 spiro atoms. The molecule has 1 fully saturated rings. The van der Waals surface area contributed by atoms with E-state index in [9.17, 15) is 14.0 Å². The number of aromatic nitrogens is 3. The van der Waals surface area contributed by atoms with Gasteiger partial charge in [0.15, 0.2) is 5.83 Å². The van der Waals surface area contributed by atoms with Crippen LogP contribution in [-0.4, -0.2) is 66.2 Å². The number of halogens is 2. The zero-order valence-electron chi connectivity index (χ0n) is 26.9. The standard InChI is InChI=1S/C34H37B2F2N5O2/c1-18(2)30-31(19(3)11-12-39-30)43-28-15-25(24-10-8-7-9-23(24)13-29(35)36)27(38)14-26(28)32(40-34(43)45)42-20(4)16-41(17-21(42)5)33(44)22(6)37/h7-15,18,20-21H,6,16-17,35-36H2,1-5H3/t20-,21-/m0/s1. The Morgan fingerprint density at radius 3 is 2.38 bits per heavy atom. The second-order valence-electron chi connectivity index (χ2n) is 12.4. The summed E-state index contributed by atoms with van der Waals surface area (Å²) in [4.78, 5) is 39.2. The fourth-order valence-corrected chi connectivity index (χ4v) is 6.39. The van der Waals surface area contributed by atoms with Crippen LogP contribution in [0.4, 0.5) is 14.6 Å². The maximum atomic E-state index is 16.4. The normalized spacial score (nSPS) is 16.7. The highest BCUT2D eigenvalue weighted by Crippen LogP contribution is 2.37. The molecule has 4 aromatic rings. The highest BCUT2D eigenvalue weighted by molar-refractivity contribution is 6.50. The van der Waals surface area contributed by atoms with E-state index >= 15 is 4.39 Å². The van der Waals surface area contributed by atoms with E-state index in [1.165, 1.54) is 11.0 Å². The minimum atomic E-state index is -1.02. The Morgan fingerprint density at radius 2 is 1.76 bits per heavy atom. The van der Waals surface area contributed by atoms with Gasteiger partial charge in [-0.2, -0.15) is 4.98 Å². The van der Waals surface area contributed by atoms with E-state index in [0.29, 0.717) is 33.5 Å². The van der Waals surface area contributed by atoms with E-state index in [2.05, 4.69) is 16.5 Å². The van der Waals surface area contributed by atoms with Gasteiger partial charge < -0.3 is 9.80 Å². The zero-order valence-corrected chi connectivity index (χ0v) is 26.9. The van der Waals surface area contributed by atoms with E-state index in [0.717, 1.165) is 22.2 Å². The van der Waals surface area contributed by atoms with E-state index in [1.807, 2.05) is 91.6 Å². The third-order valence-electron chi connectivity index (χ3n) is 8.26. The van der Waals surface area contributed by atoms with Crippen molar-refractivity contribution >= 4 is 44.4 Å². The van der Waals surface area contributed by atoms with Gasteiger partial charge in [0.2, 0.25) is 0 Å². The first-order chi connectivity index (χ1) is 21.3. The predicted molar refractivity (Wildman–Crippen MR) is 183 cm³/mol. The number of aryl methyl sites for hydroxylation is 1. The average molecular weight is 607 g/mol. The number of carbonyl (C=O) groups excluding carboxylic acids is 1. The quantitative estimate of drug-likeness (QED) is 0.239. The number of hydrogen-bond donors (Lipinski definition) is 0. The van der Waals surface area contributed by atoms with Gasteiger partial charge in [0.05, 0.1) is 16.9 Å². The van der Waals surface area contributed by atoms with Gasteiger partial charge in [-0.3, -0.25) is 14.3 Å². The Kier molecular flexibility index (Phi) is 8.83. The van der Waals surface area contributed by atoms with E-state index in [4.69, 9.17) is 0 Å². The molecule has 0 radical (unpaired) electrons. The SMILES string of the molecule is BC(B)=Cc1ccccc1-c1cc2c(cc1F)c(N1[C@@H](C)CN(C(=O)C(=C)F)C[C@@H]1C)nc(=O)n2-c1c(C)ccnc1C(C)C. The molecule has 1 aliphatic heterocycles. The fraction of sp³-hybridized carbons (Fsp3) is 0.294. The Hall–Kier alpha value is -4.53. The van der Waals surface area contributed by atoms with Crippen LogP contribution in [-0.2, 0) is 4.79 Å². The van der Waals surface area contributed by atoms with Crippen molar-refractivity contribution in [3.8, 4) is 16.8 Å². The number of carbonyl (C=O) groups is 1. The Balaban J connectivity index is 1.84. The van der Waals surface area contributed by atoms with E-state index in [1.54, 1.807) is 16.8 Å². The van der Waals surface area contributed by atoms with Crippen molar-refractivity contribution in [2.24, 2.45) is 0 Å². The molecule has 1 saturated heterocycles. The number of hydrogen-bond acceptors (Lipinski definition) is 5. The average Bonchev–Trinajstić information content (AvgIpc) is 2.96. The molecule has 5 rings (SSSR count). The maximum Gasteiger partial charge on any atom is 0.354 e. The topological polar surface area (TPSA) is 71.3 Å². The summed E-state index contributed by atoms with van der Waals surface area (Å²) in [5.74, 6) is -1.94. The summed E-state index contributed by atoms with van der Waals surface area (Å²) in [5.41, 5.74) is 4.05. The number of nitrogens with zero attached hydrogens (tertiary/aromatic N) is 5. The molecule has 45 heavy (non-hydrogen) atoms. The second-order valence-corrected chi connectivity index (χ2v) is 12.4. The molecule has 1 amide bonds. The summed E-state index contributed by atoms with van der Waals surface area (Å²) >= 11 is 0. The summed E-state index contributed by atoms with van der Waals surface area (Å²) < 4.78 is 31.7. The third kappa shape index (κ3) is 5.95. The van der Waals surface area contributed by atoms with Crippen molar-refractivity contribution in [2.45, 2.75) is 52.6 Å². The summed E-state index contributed by atoms with van der Waals surface area (Å²) in [7, 11) is 3.97. The van der Waals surface area contributed by atoms with Gasteiger partial charge in [0, 0.05) is 42.3 Å². The number of amides is 1. The van der Waals surface area contributed by atoms with Gasteiger partial charge in [-0.05, 0) is 61.6 Å². The molecule has 7 nitrogen and oxygen atoms in total. The summed E-state index contributed by atoms with van der Waals surface area (Å²) in [5, 5.41) is 1.51. The second kappa shape index (κ2) is 12.5. The first-order valence-corrected chi connectivity index (χ1v) is 15.2. The number of rotatable bonds is 6. The van der Waals surface area contributed by atoms with Gasteiger partial charge in [0.1, 0.15) is 27.3 Å². The molecule has 0 aliphatic carbocycles. The lowest BCUT2D eigenvalue weighted by Crippen LogP contribution is -2.59. The Bertz CT molecular complexity index is 1910. The van der Waals surface area contributed by atoms with Crippen LogP contribution in [0.25, 0.3) is 33.8 Å². The molecule has 3 heterocycles. The van der Waals surface area contributed by atoms with Crippen molar-refractivity contribution in [2.75, 3.05) is 18.0 Å². The van der Waals surface area contributed by atoms with Crippen molar-refractivity contribution < 1.29 is 13.6 Å². The lowest BCUT2D eigenvalue weighted by Gasteiger charge is -2.45. The van der Waals surface area contributed by atoms with Crippen LogP contribution < -0.4 is 10.6 Å². The summed E-state index contributed by atoms with van der Waals surface area (Å²) in [6.45, 7) is 13.2. The highest BCUT2D eigenvalue weighted by Gasteiger charge is 2.35. The van der Waals surface area contributed by atoms with E-state index < -0.39 is 23.2 Å². The van der Waals surface area contributed by atoms with Crippen LogP contribution in [0.1, 0.15) is 50.4 Å². The molecule has 1 aliphatic rings.